The number of imidazole rings is 1. The molecule has 0 spiro atoms. The van der Waals surface area contributed by atoms with Crippen LogP contribution >= 0.6 is 0 Å². The van der Waals surface area contributed by atoms with Crippen molar-refractivity contribution in [2.45, 2.75) is 19.4 Å². The molecule has 2 N–H and O–H groups in total. The van der Waals surface area contributed by atoms with Crippen LogP contribution in [0.2, 0.25) is 0 Å². The lowest BCUT2D eigenvalue weighted by molar-refractivity contribution is 0.331. The summed E-state index contributed by atoms with van der Waals surface area (Å²) < 4.78 is 12.1. The molecule has 0 radical (unpaired) electrons. The van der Waals surface area contributed by atoms with Crippen molar-refractivity contribution in [1.82, 2.24) is 9.55 Å². The highest BCUT2D eigenvalue weighted by atomic mass is 16.5. The molecule has 1 atom stereocenters. The summed E-state index contributed by atoms with van der Waals surface area (Å²) in [5.41, 5.74) is 5.89. The Balaban J connectivity index is 3.13. The zero-order valence-corrected chi connectivity index (χ0v) is 9.07. The molecule has 14 heavy (non-hydrogen) atoms. The first-order valence-electron chi connectivity index (χ1n) is 4.55. The highest BCUT2D eigenvalue weighted by Crippen LogP contribution is 2.28. The maximum atomic E-state index is 5.89. The molecule has 0 aromatic carbocycles. The van der Waals surface area contributed by atoms with Crippen molar-refractivity contribution >= 4 is 0 Å². The quantitative estimate of drug-likeness (QED) is 0.780. The summed E-state index contributed by atoms with van der Waals surface area (Å²) in [4.78, 5) is 4.26. The second kappa shape index (κ2) is 4.32. The summed E-state index contributed by atoms with van der Waals surface area (Å²) in [5.74, 6) is 1.86. The van der Waals surface area contributed by atoms with E-state index in [0.29, 0.717) is 11.8 Å². The Morgan fingerprint density at radius 3 is 2.43 bits per heavy atom. The van der Waals surface area contributed by atoms with Gasteiger partial charge in [-0.25, -0.2) is 0 Å². The third kappa shape index (κ3) is 1.68. The van der Waals surface area contributed by atoms with Crippen LogP contribution in [0, 0.1) is 0 Å². The van der Waals surface area contributed by atoms with Crippen LogP contribution in [0.4, 0.5) is 0 Å². The van der Waals surface area contributed by atoms with Gasteiger partial charge >= 0.3 is 0 Å². The standard InChI is InChI=1S/C9H17N3O2/c1-5-6(10)7-11-8(13-3)9(14-4)12(7)2/h6H,5,10H2,1-4H3. The molecule has 5 nitrogen and oxygen atoms in total. The summed E-state index contributed by atoms with van der Waals surface area (Å²) in [6.07, 6.45) is 0.831. The highest BCUT2D eigenvalue weighted by molar-refractivity contribution is 5.30. The molecular formula is C9H17N3O2. The number of nitrogens with zero attached hydrogens (tertiary/aromatic N) is 2. The smallest absolute Gasteiger partial charge is 0.277 e. The van der Waals surface area contributed by atoms with Crippen molar-refractivity contribution < 1.29 is 9.47 Å². The molecule has 1 aromatic heterocycles. The number of hydrogen-bond acceptors (Lipinski definition) is 4. The van der Waals surface area contributed by atoms with Gasteiger partial charge in [-0.2, -0.15) is 4.98 Å². The van der Waals surface area contributed by atoms with Gasteiger partial charge in [0.1, 0.15) is 5.82 Å². The Hall–Kier alpha value is -1.23. The molecule has 0 aliphatic rings. The largest absolute Gasteiger partial charge is 0.478 e. The summed E-state index contributed by atoms with van der Waals surface area (Å²) in [7, 11) is 5.01. The predicted molar refractivity (Wildman–Crippen MR) is 53.5 cm³/mol. The van der Waals surface area contributed by atoms with Gasteiger partial charge in [-0.3, -0.25) is 4.57 Å². The summed E-state index contributed by atoms with van der Waals surface area (Å²) >= 11 is 0. The van der Waals surface area contributed by atoms with E-state index in [0.717, 1.165) is 12.2 Å². The molecule has 0 bridgehead atoms. The number of aromatic nitrogens is 2. The van der Waals surface area contributed by atoms with E-state index in [9.17, 15) is 0 Å². The van der Waals surface area contributed by atoms with Crippen LogP contribution in [0.15, 0.2) is 0 Å². The van der Waals surface area contributed by atoms with Crippen molar-refractivity contribution in [3.8, 4) is 11.8 Å². The molecule has 5 heteroatoms. The Morgan fingerprint density at radius 2 is 2.07 bits per heavy atom. The van der Waals surface area contributed by atoms with Crippen LogP contribution in [-0.4, -0.2) is 23.8 Å². The summed E-state index contributed by atoms with van der Waals surface area (Å²) in [6, 6.07) is -0.0854. The minimum atomic E-state index is -0.0854. The molecule has 0 aliphatic heterocycles. The zero-order chi connectivity index (χ0) is 10.7. The maximum absolute atomic E-state index is 5.89. The number of ether oxygens (including phenoxy) is 2. The minimum absolute atomic E-state index is 0.0854. The third-order valence-corrected chi connectivity index (χ3v) is 2.21. The van der Waals surface area contributed by atoms with Crippen molar-refractivity contribution in [1.29, 1.82) is 0 Å². The topological polar surface area (TPSA) is 62.3 Å². The minimum Gasteiger partial charge on any atom is -0.478 e. The molecule has 1 heterocycles. The molecular weight excluding hydrogens is 182 g/mol. The van der Waals surface area contributed by atoms with Crippen LogP contribution in [0.25, 0.3) is 0 Å². The van der Waals surface area contributed by atoms with Gasteiger partial charge in [0.15, 0.2) is 0 Å². The zero-order valence-electron chi connectivity index (χ0n) is 9.07. The van der Waals surface area contributed by atoms with Crippen LogP contribution in [-0.2, 0) is 7.05 Å². The molecule has 1 rings (SSSR count). The highest BCUT2D eigenvalue weighted by Gasteiger charge is 2.19. The van der Waals surface area contributed by atoms with Crippen LogP contribution in [0.1, 0.15) is 25.2 Å². The van der Waals surface area contributed by atoms with E-state index in [1.807, 2.05) is 18.5 Å². The molecule has 1 unspecified atom stereocenters. The predicted octanol–water partition coefficient (Wildman–Crippen LogP) is 0.847. The van der Waals surface area contributed by atoms with Gasteiger partial charge in [-0.1, -0.05) is 6.92 Å². The van der Waals surface area contributed by atoms with E-state index in [1.54, 1.807) is 14.2 Å². The van der Waals surface area contributed by atoms with Crippen LogP contribution in [0.5, 0.6) is 11.8 Å². The Bertz CT molecular complexity index is 309. The van der Waals surface area contributed by atoms with E-state index in [2.05, 4.69) is 4.98 Å². The van der Waals surface area contributed by atoms with E-state index >= 15 is 0 Å². The van der Waals surface area contributed by atoms with E-state index in [1.165, 1.54) is 0 Å². The summed E-state index contributed by atoms with van der Waals surface area (Å²) in [5, 5.41) is 0. The maximum Gasteiger partial charge on any atom is 0.277 e. The normalized spacial score (nSPS) is 12.6. The SMILES string of the molecule is CCC(N)c1nc(OC)c(OC)n1C. The Kier molecular flexibility index (Phi) is 3.35. The van der Waals surface area contributed by atoms with E-state index in [-0.39, 0.29) is 6.04 Å². The van der Waals surface area contributed by atoms with Gasteiger partial charge in [0.25, 0.3) is 11.8 Å². The van der Waals surface area contributed by atoms with Gasteiger partial charge < -0.3 is 15.2 Å². The fraction of sp³-hybridized carbons (Fsp3) is 0.667. The molecule has 0 aliphatic carbocycles. The molecule has 1 aromatic rings. The molecule has 0 saturated carbocycles. The Morgan fingerprint density at radius 1 is 1.43 bits per heavy atom. The monoisotopic (exact) mass is 199 g/mol. The molecule has 80 valence electrons. The number of hydrogen-bond donors (Lipinski definition) is 1. The molecule has 0 amide bonds. The number of nitrogens with two attached hydrogens (primary N) is 1. The fourth-order valence-corrected chi connectivity index (χ4v) is 1.35. The fourth-order valence-electron chi connectivity index (χ4n) is 1.35. The lowest BCUT2D eigenvalue weighted by Crippen LogP contribution is -2.14. The number of methoxy groups -OCH3 is 2. The Labute approximate surface area is 83.8 Å². The summed E-state index contributed by atoms with van der Waals surface area (Å²) in [6.45, 7) is 2.01. The van der Waals surface area contributed by atoms with Crippen LogP contribution in [0.3, 0.4) is 0 Å². The third-order valence-electron chi connectivity index (χ3n) is 2.21. The first-order chi connectivity index (χ1) is 6.65. The van der Waals surface area contributed by atoms with Gasteiger partial charge in [-0.05, 0) is 6.42 Å². The lowest BCUT2D eigenvalue weighted by atomic mass is 10.2. The van der Waals surface area contributed by atoms with Gasteiger partial charge in [0.05, 0.1) is 20.3 Å². The van der Waals surface area contributed by atoms with Crippen molar-refractivity contribution in [3.05, 3.63) is 5.82 Å². The number of rotatable bonds is 4. The van der Waals surface area contributed by atoms with Gasteiger partial charge in [0.2, 0.25) is 0 Å². The lowest BCUT2D eigenvalue weighted by Gasteiger charge is -2.08. The second-order valence-corrected chi connectivity index (χ2v) is 3.06. The van der Waals surface area contributed by atoms with Gasteiger partial charge in [-0.15, -0.1) is 0 Å². The average molecular weight is 199 g/mol. The van der Waals surface area contributed by atoms with E-state index in [4.69, 9.17) is 15.2 Å². The van der Waals surface area contributed by atoms with E-state index < -0.39 is 0 Å². The molecule has 0 saturated heterocycles. The second-order valence-electron chi connectivity index (χ2n) is 3.06. The van der Waals surface area contributed by atoms with Crippen molar-refractivity contribution in [2.75, 3.05) is 14.2 Å². The molecule has 0 fully saturated rings. The van der Waals surface area contributed by atoms with Crippen molar-refractivity contribution in [3.63, 3.8) is 0 Å². The first kappa shape index (κ1) is 10.8. The van der Waals surface area contributed by atoms with Crippen molar-refractivity contribution in [2.24, 2.45) is 12.8 Å². The average Bonchev–Trinajstić information content (AvgIpc) is 2.53. The van der Waals surface area contributed by atoms with Gasteiger partial charge in [0, 0.05) is 7.05 Å². The van der Waals surface area contributed by atoms with Crippen LogP contribution < -0.4 is 15.2 Å². The first-order valence-corrected chi connectivity index (χ1v) is 4.55.